The van der Waals surface area contributed by atoms with Crippen LogP contribution >= 0.6 is 0 Å². The first-order chi connectivity index (χ1) is 16.1. The molecule has 11 nitrogen and oxygen atoms in total. The molecule has 3 aliphatic carbocycles. The highest BCUT2D eigenvalue weighted by atomic mass is 16.8. The predicted octanol–water partition coefficient (Wildman–Crippen LogP) is -1.36. The van der Waals surface area contributed by atoms with Gasteiger partial charge < -0.3 is 49.2 Å². The summed E-state index contributed by atoms with van der Waals surface area (Å²) in [6, 6.07) is 8.47. The molecule has 4 aliphatic heterocycles. The number of aliphatic hydroxyl groups is 5. The number of carbonyl (C=O) groups is 1. The van der Waals surface area contributed by atoms with Gasteiger partial charge in [0.1, 0.15) is 42.2 Å². The van der Waals surface area contributed by atoms with Crippen molar-refractivity contribution in [3.8, 4) is 0 Å². The summed E-state index contributed by atoms with van der Waals surface area (Å²) in [6.45, 7) is 0.985. The summed E-state index contributed by atoms with van der Waals surface area (Å²) < 4.78 is 29.7. The molecule has 11 heteroatoms. The predicted molar refractivity (Wildman–Crippen MR) is 109 cm³/mol. The fraction of sp³-hybridized carbons (Fsp3) is 0.696. The SMILES string of the molecule is C[C@@]12C[C@@]3(O)O[C@H](O1)[C@@]1(COC(=O)c4ccccc4)[C@@H]3C[C@]12O[C@@H]1O[C@H](CO)[C@H](O)[C@H](O)[C@@H]1O. The Kier molecular flexibility index (Phi) is 4.81. The Morgan fingerprint density at radius 2 is 1.85 bits per heavy atom. The first-order valence-corrected chi connectivity index (χ1v) is 11.4. The molecule has 0 radical (unpaired) electrons. The molecule has 11 atom stereocenters. The van der Waals surface area contributed by atoms with E-state index in [9.17, 15) is 30.3 Å². The molecule has 8 rings (SSSR count). The number of hydrogen-bond donors (Lipinski definition) is 5. The van der Waals surface area contributed by atoms with E-state index in [1.54, 1.807) is 37.3 Å². The van der Waals surface area contributed by atoms with E-state index in [-0.39, 0.29) is 19.4 Å². The van der Waals surface area contributed by atoms with Crippen molar-refractivity contribution in [3.63, 3.8) is 0 Å². The van der Waals surface area contributed by atoms with Gasteiger partial charge in [0.25, 0.3) is 0 Å². The summed E-state index contributed by atoms with van der Waals surface area (Å²) in [4.78, 5) is 12.7. The van der Waals surface area contributed by atoms with Gasteiger partial charge in [0.05, 0.1) is 17.6 Å². The van der Waals surface area contributed by atoms with Gasteiger partial charge in [-0.25, -0.2) is 4.79 Å². The van der Waals surface area contributed by atoms with Crippen LogP contribution in [0.2, 0.25) is 0 Å². The zero-order valence-corrected chi connectivity index (χ0v) is 18.4. The van der Waals surface area contributed by atoms with E-state index in [0.29, 0.717) is 5.56 Å². The Labute approximate surface area is 194 Å². The lowest BCUT2D eigenvalue weighted by Gasteiger charge is -2.67. The van der Waals surface area contributed by atoms with E-state index in [2.05, 4.69) is 0 Å². The van der Waals surface area contributed by atoms with Crippen LogP contribution in [0.5, 0.6) is 0 Å². The van der Waals surface area contributed by atoms with Crippen LogP contribution in [0.15, 0.2) is 30.3 Å². The number of benzene rings is 1. The minimum absolute atomic E-state index is 0.0902. The molecule has 3 saturated carbocycles. The molecule has 34 heavy (non-hydrogen) atoms. The molecule has 1 aromatic rings. The van der Waals surface area contributed by atoms with Crippen molar-refractivity contribution in [1.29, 1.82) is 0 Å². The van der Waals surface area contributed by atoms with Gasteiger partial charge in [0, 0.05) is 12.3 Å². The Bertz CT molecular complexity index is 988. The second-order valence-corrected chi connectivity index (χ2v) is 10.2. The molecule has 4 saturated heterocycles. The monoisotopic (exact) mass is 480 g/mol. The molecule has 186 valence electrons. The summed E-state index contributed by atoms with van der Waals surface area (Å²) in [7, 11) is 0. The molecule has 0 unspecified atom stereocenters. The van der Waals surface area contributed by atoms with Crippen molar-refractivity contribution in [3.05, 3.63) is 35.9 Å². The molecule has 5 N–H and O–H groups in total. The number of aliphatic hydroxyl groups excluding tert-OH is 4. The van der Waals surface area contributed by atoms with Gasteiger partial charge in [-0.3, -0.25) is 0 Å². The molecule has 7 fully saturated rings. The zero-order valence-electron chi connectivity index (χ0n) is 18.4. The highest BCUT2D eigenvalue weighted by Gasteiger charge is 2.94. The molecular formula is C23H28O11. The topological polar surface area (TPSA) is 164 Å². The molecule has 1 aromatic carbocycles. The number of carbonyl (C=O) groups excluding carboxylic acids is 1. The molecule has 0 aromatic heterocycles. The summed E-state index contributed by atoms with van der Waals surface area (Å²) in [5, 5.41) is 51.7. The highest BCUT2D eigenvalue weighted by molar-refractivity contribution is 5.89. The highest BCUT2D eigenvalue weighted by Crippen LogP contribution is 2.81. The van der Waals surface area contributed by atoms with E-state index < -0.39 is 77.9 Å². The molecule has 7 aliphatic rings. The van der Waals surface area contributed by atoms with Crippen molar-refractivity contribution in [2.24, 2.45) is 11.3 Å². The van der Waals surface area contributed by atoms with Crippen molar-refractivity contribution in [2.45, 2.75) is 73.8 Å². The van der Waals surface area contributed by atoms with E-state index >= 15 is 0 Å². The quantitative estimate of drug-likeness (QED) is 0.306. The lowest BCUT2D eigenvalue weighted by Crippen LogP contribution is -2.80. The van der Waals surface area contributed by atoms with E-state index in [4.69, 9.17) is 23.7 Å². The third kappa shape index (κ3) is 2.59. The van der Waals surface area contributed by atoms with Crippen LogP contribution < -0.4 is 0 Å². The number of ether oxygens (including phenoxy) is 5. The Hall–Kier alpha value is -1.67. The Morgan fingerprint density at radius 1 is 1.12 bits per heavy atom. The Balaban J connectivity index is 1.32. The van der Waals surface area contributed by atoms with Crippen molar-refractivity contribution in [1.82, 2.24) is 0 Å². The molecule has 0 amide bonds. The van der Waals surface area contributed by atoms with Crippen LogP contribution in [0.1, 0.15) is 30.1 Å². The van der Waals surface area contributed by atoms with E-state index in [0.717, 1.165) is 0 Å². The molecule has 6 bridgehead atoms. The van der Waals surface area contributed by atoms with Gasteiger partial charge in [-0.15, -0.1) is 0 Å². The van der Waals surface area contributed by atoms with Crippen molar-refractivity contribution < 1.29 is 54.0 Å². The lowest BCUT2D eigenvalue weighted by atomic mass is 9.41. The summed E-state index contributed by atoms with van der Waals surface area (Å²) in [5.74, 6) is -2.49. The smallest absolute Gasteiger partial charge is 0.338 e. The summed E-state index contributed by atoms with van der Waals surface area (Å²) in [6.07, 6.45) is -7.87. The van der Waals surface area contributed by atoms with Crippen LogP contribution in [-0.2, 0) is 23.7 Å². The van der Waals surface area contributed by atoms with Gasteiger partial charge in [-0.05, 0) is 25.5 Å². The van der Waals surface area contributed by atoms with Crippen LogP contribution in [0.25, 0.3) is 0 Å². The molecule has 4 heterocycles. The van der Waals surface area contributed by atoms with Crippen LogP contribution in [0.3, 0.4) is 0 Å². The van der Waals surface area contributed by atoms with Gasteiger partial charge in [-0.1, -0.05) is 18.2 Å². The van der Waals surface area contributed by atoms with Crippen LogP contribution in [-0.4, -0.2) is 98.7 Å². The maximum absolute atomic E-state index is 12.7. The average molecular weight is 480 g/mol. The van der Waals surface area contributed by atoms with Crippen molar-refractivity contribution in [2.75, 3.05) is 13.2 Å². The minimum Gasteiger partial charge on any atom is -0.461 e. The van der Waals surface area contributed by atoms with E-state index in [1.165, 1.54) is 0 Å². The second-order valence-electron chi connectivity index (χ2n) is 10.2. The van der Waals surface area contributed by atoms with Crippen LogP contribution in [0, 0.1) is 11.3 Å². The number of hydrogen-bond acceptors (Lipinski definition) is 11. The zero-order chi connectivity index (χ0) is 24.1. The maximum atomic E-state index is 12.7. The first kappa shape index (κ1) is 22.8. The largest absolute Gasteiger partial charge is 0.461 e. The third-order valence-corrected chi connectivity index (χ3v) is 8.57. The standard InChI is InChI=1S/C23H28O11/c1-20-9-22(29)13-7-23(20,32-18-16(27)15(26)14(25)12(8-24)31-18)21(13,19(33-20)34-22)10-30-17(28)11-5-3-2-4-6-11/h2-6,12-16,18-19,24-27,29H,7-10H2,1H3/t12-,13+,14+,15+,16+,18+,19+,20+,21-,22-,23-/m1/s1. The van der Waals surface area contributed by atoms with Gasteiger partial charge in [0.15, 0.2) is 18.4 Å². The first-order valence-electron chi connectivity index (χ1n) is 11.4. The summed E-state index contributed by atoms with van der Waals surface area (Å²) >= 11 is 0. The van der Waals surface area contributed by atoms with Gasteiger partial charge >= 0.3 is 5.97 Å². The fourth-order valence-corrected chi connectivity index (χ4v) is 6.87. The number of rotatable bonds is 6. The normalized spacial score (nSPS) is 52.5. The average Bonchev–Trinajstić information content (AvgIpc) is 3.00. The summed E-state index contributed by atoms with van der Waals surface area (Å²) in [5.41, 5.74) is -2.99. The minimum atomic E-state index is -1.61. The number of esters is 1. The molecular weight excluding hydrogens is 452 g/mol. The van der Waals surface area contributed by atoms with E-state index in [1.807, 2.05) is 0 Å². The molecule has 0 spiro atoms. The van der Waals surface area contributed by atoms with Crippen molar-refractivity contribution >= 4 is 5.97 Å². The Morgan fingerprint density at radius 3 is 2.56 bits per heavy atom. The third-order valence-electron chi connectivity index (χ3n) is 8.57. The fourth-order valence-electron chi connectivity index (χ4n) is 6.87. The maximum Gasteiger partial charge on any atom is 0.338 e. The van der Waals surface area contributed by atoms with Gasteiger partial charge in [0.2, 0.25) is 0 Å². The van der Waals surface area contributed by atoms with Gasteiger partial charge in [-0.2, -0.15) is 0 Å². The lowest BCUT2D eigenvalue weighted by molar-refractivity contribution is -0.424. The van der Waals surface area contributed by atoms with Crippen LogP contribution in [0.4, 0.5) is 0 Å². The second kappa shape index (κ2) is 7.19.